The van der Waals surface area contributed by atoms with E-state index in [9.17, 15) is 4.39 Å². The molecule has 0 saturated heterocycles. The molecule has 0 rings (SSSR count). The summed E-state index contributed by atoms with van der Waals surface area (Å²) < 4.78 is 18.0. The zero-order valence-electron chi connectivity index (χ0n) is 7.87. The van der Waals surface area contributed by atoms with Crippen LogP contribution in [0, 0.1) is 0 Å². The molecule has 0 amide bonds. The Bertz CT molecular complexity index is 102. The Hall–Kier alpha value is 0.240. The average Bonchev–Trinajstić information content (AvgIpc) is 1.85. The molecule has 0 aromatic heterocycles. The van der Waals surface area contributed by atoms with Gasteiger partial charge in [0, 0.05) is 0 Å². The first-order valence-corrected chi connectivity index (χ1v) is 4.62. The van der Waals surface area contributed by atoms with Gasteiger partial charge < -0.3 is 0 Å². The first-order chi connectivity index (χ1) is 5.00. The number of nitrogens with zero attached hydrogens (tertiary/aromatic N) is 3. The second-order valence-corrected chi connectivity index (χ2v) is 5.56. The number of rotatable bonds is 4. The standard InChI is InChI=1S/C6H17FN3P/c1-8(2)11(9(3)4)10(5)6-7/h6H2,1-5H3. The molecule has 0 radical (unpaired) electrons. The highest BCUT2D eigenvalue weighted by Gasteiger charge is 2.18. The lowest BCUT2D eigenvalue weighted by atomic mass is 11.2. The van der Waals surface area contributed by atoms with Gasteiger partial charge in [0.25, 0.3) is 0 Å². The lowest BCUT2D eigenvalue weighted by molar-refractivity contribution is 0.315. The lowest BCUT2D eigenvalue weighted by Crippen LogP contribution is -2.28. The molecule has 0 unspecified atom stereocenters. The Balaban J connectivity index is 4.09. The summed E-state index contributed by atoms with van der Waals surface area (Å²) in [6.45, 7) is -0.401. The molecule has 3 nitrogen and oxygen atoms in total. The van der Waals surface area contributed by atoms with Crippen LogP contribution in [0.3, 0.4) is 0 Å². The molecule has 0 fully saturated rings. The predicted molar refractivity (Wildman–Crippen MR) is 48.0 cm³/mol. The third-order valence-corrected chi connectivity index (χ3v) is 3.34. The van der Waals surface area contributed by atoms with E-state index in [0.29, 0.717) is 0 Å². The molecule has 5 heteroatoms. The molecule has 0 aromatic carbocycles. The molecule has 0 aliphatic heterocycles. The van der Waals surface area contributed by atoms with Gasteiger partial charge in [-0.3, -0.25) is 9.34 Å². The van der Waals surface area contributed by atoms with Crippen molar-refractivity contribution in [1.82, 2.24) is 14.0 Å². The van der Waals surface area contributed by atoms with Gasteiger partial charge in [-0.05, 0) is 35.2 Å². The highest BCUT2D eigenvalue weighted by atomic mass is 31.2. The molecule has 0 aromatic rings. The summed E-state index contributed by atoms with van der Waals surface area (Å²) in [5.41, 5.74) is 0. The number of alkyl halides is 1. The van der Waals surface area contributed by atoms with Crippen LogP contribution in [0.4, 0.5) is 4.39 Å². The maximum atomic E-state index is 12.2. The third-order valence-electron chi connectivity index (χ3n) is 1.19. The quantitative estimate of drug-likeness (QED) is 0.476. The number of hydrogen-bond donors (Lipinski definition) is 0. The molecule has 0 N–H and O–H groups in total. The second kappa shape index (κ2) is 4.99. The van der Waals surface area contributed by atoms with Crippen LogP contribution < -0.4 is 0 Å². The first-order valence-electron chi connectivity index (χ1n) is 3.42. The van der Waals surface area contributed by atoms with Crippen LogP contribution in [0.1, 0.15) is 0 Å². The van der Waals surface area contributed by atoms with Crippen LogP contribution in [0.25, 0.3) is 0 Å². The molecule has 0 aliphatic carbocycles. The minimum atomic E-state index is -0.615. The van der Waals surface area contributed by atoms with Crippen LogP contribution >= 0.6 is 8.37 Å². The summed E-state index contributed by atoms with van der Waals surface area (Å²) in [7, 11) is 8.99. The van der Waals surface area contributed by atoms with Gasteiger partial charge in [0.1, 0.15) is 15.2 Å². The summed E-state index contributed by atoms with van der Waals surface area (Å²) >= 11 is 0. The first kappa shape index (κ1) is 11.2. The SMILES string of the molecule is CN(C)P(N(C)C)N(C)CF. The molecule has 0 aliphatic rings. The van der Waals surface area contributed by atoms with E-state index in [4.69, 9.17) is 0 Å². The molecule has 0 spiro atoms. The smallest absolute Gasteiger partial charge is 0.147 e. The van der Waals surface area contributed by atoms with Crippen molar-refractivity contribution in [1.29, 1.82) is 0 Å². The summed E-state index contributed by atoms with van der Waals surface area (Å²) in [6.07, 6.45) is 0. The Kier molecular flexibility index (Phi) is 5.10. The third kappa shape index (κ3) is 3.43. The van der Waals surface area contributed by atoms with E-state index >= 15 is 0 Å². The predicted octanol–water partition coefficient (Wildman–Crippen LogP) is 1.20. The van der Waals surface area contributed by atoms with E-state index in [1.807, 2.05) is 37.5 Å². The molecular weight excluding hydrogens is 164 g/mol. The maximum Gasteiger partial charge on any atom is 0.147 e. The Morgan fingerprint density at radius 2 is 1.36 bits per heavy atom. The van der Waals surface area contributed by atoms with Crippen LogP contribution in [0.5, 0.6) is 0 Å². The number of hydrogen-bond acceptors (Lipinski definition) is 3. The zero-order valence-corrected chi connectivity index (χ0v) is 8.77. The van der Waals surface area contributed by atoms with Crippen molar-refractivity contribution in [3.63, 3.8) is 0 Å². The van der Waals surface area contributed by atoms with Crippen molar-refractivity contribution in [2.45, 2.75) is 0 Å². The van der Waals surface area contributed by atoms with Crippen LogP contribution in [-0.4, -0.2) is 56.0 Å². The van der Waals surface area contributed by atoms with E-state index in [1.165, 1.54) is 0 Å². The van der Waals surface area contributed by atoms with E-state index < -0.39 is 15.2 Å². The van der Waals surface area contributed by atoms with Crippen molar-refractivity contribution in [2.75, 3.05) is 42.0 Å². The molecule has 0 bridgehead atoms. The molecule has 0 heterocycles. The molecule has 0 atom stereocenters. The van der Waals surface area contributed by atoms with Crippen molar-refractivity contribution >= 4 is 8.37 Å². The Morgan fingerprint density at radius 3 is 1.45 bits per heavy atom. The molecule has 0 saturated carbocycles. The minimum absolute atomic E-state index is 0.401. The summed E-state index contributed by atoms with van der Waals surface area (Å²) in [5.74, 6) is 0. The largest absolute Gasteiger partial charge is 0.263 e. The monoisotopic (exact) mass is 181 g/mol. The topological polar surface area (TPSA) is 9.72 Å². The minimum Gasteiger partial charge on any atom is -0.263 e. The Morgan fingerprint density at radius 1 is 1.00 bits per heavy atom. The van der Waals surface area contributed by atoms with Gasteiger partial charge in [-0.15, -0.1) is 0 Å². The average molecular weight is 181 g/mol. The fourth-order valence-corrected chi connectivity index (χ4v) is 3.05. The van der Waals surface area contributed by atoms with Gasteiger partial charge in [0.15, 0.2) is 0 Å². The highest BCUT2D eigenvalue weighted by molar-refractivity contribution is 7.49. The van der Waals surface area contributed by atoms with Gasteiger partial charge >= 0.3 is 0 Å². The van der Waals surface area contributed by atoms with Crippen LogP contribution in [0.2, 0.25) is 0 Å². The van der Waals surface area contributed by atoms with Gasteiger partial charge in [0.05, 0.1) is 0 Å². The van der Waals surface area contributed by atoms with E-state index in [1.54, 1.807) is 11.7 Å². The second-order valence-electron chi connectivity index (χ2n) is 2.74. The van der Waals surface area contributed by atoms with Crippen molar-refractivity contribution in [3.05, 3.63) is 0 Å². The van der Waals surface area contributed by atoms with Crippen molar-refractivity contribution in [3.8, 4) is 0 Å². The van der Waals surface area contributed by atoms with E-state index in [0.717, 1.165) is 0 Å². The van der Waals surface area contributed by atoms with E-state index in [2.05, 4.69) is 0 Å². The van der Waals surface area contributed by atoms with Gasteiger partial charge in [-0.1, -0.05) is 0 Å². The van der Waals surface area contributed by atoms with Gasteiger partial charge in [0.2, 0.25) is 0 Å². The summed E-state index contributed by atoms with van der Waals surface area (Å²) in [5, 5.41) is 0. The summed E-state index contributed by atoms with van der Waals surface area (Å²) in [4.78, 5) is 0. The fourth-order valence-electron chi connectivity index (χ4n) is 1.02. The van der Waals surface area contributed by atoms with Gasteiger partial charge in [-0.2, -0.15) is 0 Å². The fraction of sp³-hybridized carbons (Fsp3) is 1.00. The van der Waals surface area contributed by atoms with Crippen molar-refractivity contribution in [2.24, 2.45) is 0 Å². The zero-order chi connectivity index (χ0) is 9.02. The Labute approximate surface area is 69.7 Å². The highest BCUT2D eigenvalue weighted by Crippen LogP contribution is 2.42. The van der Waals surface area contributed by atoms with Crippen LogP contribution in [0.15, 0.2) is 0 Å². The normalized spacial score (nSPS) is 12.5. The summed E-state index contributed by atoms with van der Waals surface area (Å²) in [6, 6.07) is 0. The maximum absolute atomic E-state index is 12.2. The van der Waals surface area contributed by atoms with E-state index in [-0.39, 0.29) is 0 Å². The van der Waals surface area contributed by atoms with Crippen molar-refractivity contribution < 1.29 is 4.39 Å². The number of halogens is 1. The lowest BCUT2D eigenvalue weighted by Gasteiger charge is -2.35. The van der Waals surface area contributed by atoms with Crippen LogP contribution in [-0.2, 0) is 0 Å². The molecule has 11 heavy (non-hydrogen) atoms. The molecular formula is C6H17FN3P. The van der Waals surface area contributed by atoms with Gasteiger partial charge in [-0.25, -0.2) is 9.06 Å². The molecule has 68 valence electrons.